The fourth-order valence-electron chi connectivity index (χ4n) is 0.553. The van der Waals surface area contributed by atoms with Crippen molar-refractivity contribution in [3.63, 3.8) is 0 Å². The van der Waals surface area contributed by atoms with Gasteiger partial charge in [0.05, 0.1) is 0 Å². The molecule has 3 nitrogen and oxygen atoms in total. The summed E-state index contributed by atoms with van der Waals surface area (Å²) in [6.07, 6.45) is 0. The van der Waals surface area contributed by atoms with Gasteiger partial charge in [-0.15, -0.1) is 0 Å². The molecule has 0 atom stereocenters. The molecule has 5 heteroatoms. The predicted molar refractivity (Wildman–Crippen MR) is 47.8 cm³/mol. The Labute approximate surface area is 112 Å². The summed E-state index contributed by atoms with van der Waals surface area (Å²) < 4.78 is 15.2. The van der Waals surface area contributed by atoms with E-state index in [-0.39, 0.29) is 51.4 Å². The van der Waals surface area contributed by atoms with Crippen LogP contribution in [0.3, 0.4) is 0 Å². The van der Waals surface area contributed by atoms with Crippen LogP contribution in [-0.4, -0.2) is 78.5 Å². The summed E-state index contributed by atoms with van der Waals surface area (Å²) in [5.41, 5.74) is 0. The molecule has 11 heavy (non-hydrogen) atoms. The van der Waals surface area contributed by atoms with Gasteiger partial charge >= 0.3 is 58.7 Å². The van der Waals surface area contributed by atoms with Gasteiger partial charge in [-0.3, -0.25) is 0 Å². The predicted octanol–water partition coefficient (Wildman–Crippen LogP) is 0.432. The van der Waals surface area contributed by atoms with Gasteiger partial charge in [-0.1, -0.05) is 0 Å². The summed E-state index contributed by atoms with van der Waals surface area (Å²) >= 11 is 0. The van der Waals surface area contributed by atoms with Crippen LogP contribution in [0.2, 0.25) is 0 Å². The molecule has 0 aromatic carbocycles. The molecular weight excluding hydrogens is 170 g/mol. The van der Waals surface area contributed by atoms with Gasteiger partial charge in [-0.2, -0.15) is 0 Å². The van der Waals surface area contributed by atoms with Gasteiger partial charge in [0.15, 0.2) is 0 Å². The third-order valence-electron chi connectivity index (χ3n) is 0.908. The number of hydrogen-bond donors (Lipinski definition) is 0. The van der Waals surface area contributed by atoms with E-state index < -0.39 is 7.32 Å². The third-order valence-corrected chi connectivity index (χ3v) is 0.908. The van der Waals surface area contributed by atoms with E-state index >= 15 is 0 Å². The topological polar surface area (TPSA) is 27.7 Å². The van der Waals surface area contributed by atoms with Crippen molar-refractivity contribution in [3.05, 3.63) is 0 Å². The van der Waals surface area contributed by atoms with E-state index in [0.717, 1.165) is 0 Å². The Hall–Kier alpha value is 1.58. The van der Waals surface area contributed by atoms with Gasteiger partial charge in [-0.05, 0) is 20.8 Å². The first-order valence-corrected chi connectivity index (χ1v) is 3.69. The van der Waals surface area contributed by atoms with Crippen molar-refractivity contribution in [2.75, 3.05) is 19.8 Å². The summed E-state index contributed by atoms with van der Waals surface area (Å²) in [6, 6.07) is 0. The van der Waals surface area contributed by atoms with Crippen LogP contribution in [0.25, 0.3) is 0 Å². The first-order valence-electron chi connectivity index (χ1n) is 3.69. The Kier molecular flexibility index (Phi) is 15.9. The van der Waals surface area contributed by atoms with Crippen molar-refractivity contribution >= 4 is 58.7 Å². The molecule has 0 aliphatic carbocycles. The van der Waals surface area contributed by atoms with Gasteiger partial charge in [0.2, 0.25) is 0 Å². The van der Waals surface area contributed by atoms with E-state index in [2.05, 4.69) is 0 Å². The monoisotopic (exact) mass is 186 g/mol. The van der Waals surface area contributed by atoms with Gasteiger partial charge in [0, 0.05) is 19.8 Å². The number of rotatable bonds is 6. The van der Waals surface area contributed by atoms with E-state index in [1.807, 2.05) is 20.8 Å². The van der Waals surface area contributed by atoms with E-state index in [1.54, 1.807) is 0 Å². The Bertz CT molecular complexity index is 60.6. The van der Waals surface area contributed by atoms with Gasteiger partial charge in [0.25, 0.3) is 0 Å². The SMILES string of the molecule is CCOB(OCC)OCC.[KH]. The van der Waals surface area contributed by atoms with Crippen LogP contribution in [0, 0.1) is 0 Å². The molecule has 0 saturated carbocycles. The van der Waals surface area contributed by atoms with Crippen LogP contribution >= 0.6 is 0 Å². The Morgan fingerprint density at radius 2 is 1.09 bits per heavy atom. The van der Waals surface area contributed by atoms with Crippen LogP contribution in [0.15, 0.2) is 0 Å². The van der Waals surface area contributed by atoms with Crippen molar-refractivity contribution in [1.82, 2.24) is 0 Å². The molecule has 0 heterocycles. The molecule has 0 N–H and O–H groups in total. The van der Waals surface area contributed by atoms with Gasteiger partial charge in [-0.25, -0.2) is 0 Å². The second-order valence-electron chi connectivity index (χ2n) is 1.65. The zero-order valence-corrected chi connectivity index (χ0v) is 6.92. The molecule has 0 aliphatic rings. The molecule has 0 rings (SSSR count). The molecular formula is C6H16BKO3. The molecule has 0 radical (unpaired) electrons. The van der Waals surface area contributed by atoms with Gasteiger partial charge in [0.1, 0.15) is 0 Å². The van der Waals surface area contributed by atoms with Crippen molar-refractivity contribution in [3.8, 4) is 0 Å². The molecule has 0 bridgehead atoms. The van der Waals surface area contributed by atoms with E-state index in [1.165, 1.54) is 0 Å². The van der Waals surface area contributed by atoms with Crippen LogP contribution in [-0.2, 0) is 14.0 Å². The summed E-state index contributed by atoms with van der Waals surface area (Å²) in [5, 5.41) is 0. The van der Waals surface area contributed by atoms with Crippen molar-refractivity contribution in [2.24, 2.45) is 0 Å². The first kappa shape index (κ1) is 15.1. The van der Waals surface area contributed by atoms with Crippen molar-refractivity contribution in [2.45, 2.75) is 20.8 Å². The summed E-state index contributed by atoms with van der Waals surface area (Å²) in [6.45, 7) is 7.57. The molecule has 0 aromatic rings. The summed E-state index contributed by atoms with van der Waals surface area (Å²) in [7, 11) is -0.472. The minimum absolute atomic E-state index is 0. The zero-order chi connectivity index (χ0) is 7.82. The maximum absolute atomic E-state index is 5.08. The summed E-state index contributed by atoms with van der Waals surface area (Å²) in [4.78, 5) is 0. The fraction of sp³-hybridized carbons (Fsp3) is 1.00. The van der Waals surface area contributed by atoms with Crippen LogP contribution in [0.4, 0.5) is 0 Å². The fourth-order valence-corrected chi connectivity index (χ4v) is 0.553. The molecule has 0 unspecified atom stereocenters. The van der Waals surface area contributed by atoms with E-state index in [4.69, 9.17) is 14.0 Å². The second kappa shape index (κ2) is 11.6. The molecule has 0 aromatic heterocycles. The average Bonchev–Trinajstić information content (AvgIpc) is 1.90. The zero-order valence-electron chi connectivity index (χ0n) is 6.92. The van der Waals surface area contributed by atoms with Crippen molar-refractivity contribution in [1.29, 1.82) is 0 Å². The quantitative estimate of drug-likeness (QED) is 0.563. The Morgan fingerprint density at radius 1 is 0.818 bits per heavy atom. The van der Waals surface area contributed by atoms with E-state index in [0.29, 0.717) is 19.8 Å². The first-order chi connectivity index (χ1) is 4.85. The Balaban J connectivity index is 0. The number of hydrogen-bond acceptors (Lipinski definition) is 3. The molecule has 0 spiro atoms. The second-order valence-corrected chi connectivity index (χ2v) is 1.65. The minimum atomic E-state index is -0.472. The van der Waals surface area contributed by atoms with Crippen molar-refractivity contribution < 1.29 is 14.0 Å². The molecule has 62 valence electrons. The molecule has 0 fully saturated rings. The van der Waals surface area contributed by atoms with Crippen LogP contribution in [0.5, 0.6) is 0 Å². The summed E-state index contributed by atoms with van der Waals surface area (Å²) in [5.74, 6) is 0. The van der Waals surface area contributed by atoms with Gasteiger partial charge < -0.3 is 14.0 Å². The van der Waals surface area contributed by atoms with Crippen LogP contribution < -0.4 is 0 Å². The maximum atomic E-state index is 5.08. The standard InChI is InChI=1S/C6H15BO3.K.H/c1-4-8-7(9-5-2)10-6-3;;/h4-6H2,1-3H3;;. The third kappa shape index (κ3) is 9.50. The Morgan fingerprint density at radius 3 is 1.27 bits per heavy atom. The molecule has 0 amide bonds. The molecule has 0 aliphatic heterocycles. The normalized spacial score (nSPS) is 9.00. The molecule has 0 saturated heterocycles. The van der Waals surface area contributed by atoms with E-state index in [9.17, 15) is 0 Å². The van der Waals surface area contributed by atoms with Crippen LogP contribution in [0.1, 0.15) is 20.8 Å². The average molecular weight is 186 g/mol.